The van der Waals surface area contributed by atoms with E-state index >= 15 is 0 Å². The highest BCUT2D eigenvalue weighted by Crippen LogP contribution is 2.33. The average Bonchev–Trinajstić information content (AvgIpc) is 3.19. The van der Waals surface area contributed by atoms with Gasteiger partial charge in [0.05, 0.1) is 10.6 Å². The van der Waals surface area contributed by atoms with Crippen LogP contribution in [0.2, 0.25) is 10.0 Å². The predicted octanol–water partition coefficient (Wildman–Crippen LogP) is 2.44. The summed E-state index contributed by atoms with van der Waals surface area (Å²) in [5.41, 5.74) is 0.00874. The van der Waals surface area contributed by atoms with Gasteiger partial charge in [-0.15, -0.1) is 0 Å². The number of likely N-dealkylation sites (tertiary alicyclic amines) is 1. The monoisotopic (exact) mass is 342 g/mol. The summed E-state index contributed by atoms with van der Waals surface area (Å²) in [5.74, 6) is -0.451. The third-order valence-electron chi connectivity index (χ3n) is 4.04. The standard InChI is InChI=1S/C15H16Cl2N2O3/c16-9-4-11(17)14(12(20)5-9)15(22)18-6-8-3-13(21)19(7-8)10-1-2-10/h4-5,8,10,20H,1-3,6-7H2,(H,18,22). The minimum Gasteiger partial charge on any atom is -0.507 e. The Bertz CT molecular complexity index is 608. The lowest BCUT2D eigenvalue weighted by Crippen LogP contribution is -2.32. The van der Waals surface area contributed by atoms with E-state index in [1.54, 1.807) is 0 Å². The molecule has 1 aromatic rings. The number of aromatic hydroxyl groups is 1. The summed E-state index contributed by atoms with van der Waals surface area (Å²) in [6.07, 6.45) is 2.62. The molecular formula is C15H16Cl2N2O3. The molecule has 1 heterocycles. The van der Waals surface area contributed by atoms with E-state index in [1.165, 1.54) is 12.1 Å². The molecule has 3 rings (SSSR count). The van der Waals surface area contributed by atoms with Gasteiger partial charge in [0.1, 0.15) is 5.75 Å². The lowest BCUT2D eigenvalue weighted by Gasteiger charge is -2.16. The summed E-state index contributed by atoms with van der Waals surface area (Å²) in [6.45, 7) is 1.07. The first-order chi connectivity index (χ1) is 10.5. The van der Waals surface area contributed by atoms with Crippen LogP contribution in [-0.2, 0) is 4.79 Å². The number of phenols is 1. The van der Waals surface area contributed by atoms with Crippen LogP contribution in [-0.4, -0.2) is 41.0 Å². The highest BCUT2D eigenvalue weighted by Gasteiger charge is 2.39. The van der Waals surface area contributed by atoms with Crippen LogP contribution in [0.3, 0.4) is 0 Å². The Balaban J connectivity index is 1.60. The molecule has 2 aliphatic rings. The molecule has 0 bridgehead atoms. The maximum absolute atomic E-state index is 12.2. The minimum atomic E-state index is -0.462. The third-order valence-corrected chi connectivity index (χ3v) is 4.56. The largest absolute Gasteiger partial charge is 0.507 e. The smallest absolute Gasteiger partial charge is 0.256 e. The molecular weight excluding hydrogens is 327 g/mol. The Hall–Kier alpha value is -1.46. The van der Waals surface area contributed by atoms with E-state index in [1.807, 2.05) is 4.90 Å². The first-order valence-electron chi connectivity index (χ1n) is 7.21. The van der Waals surface area contributed by atoms with Gasteiger partial charge in [0.2, 0.25) is 5.91 Å². The van der Waals surface area contributed by atoms with Crippen molar-refractivity contribution in [3.05, 3.63) is 27.7 Å². The highest BCUT2D eigenvalue weighted by molar-refractivity contribution is 6.37. The van der Waals surface area contributed by atoms with Crippen molar-refractivity contribution in [2.75, 3.05) is 13.1 Å². The average molecular weight is 343 g/mol. The number of nitrogens with zero attached hydrogens (tertiary/aromatic N) is 1. The molecule has 5 nitrogen and oxygen atoms in total. The van der Waals surface area contributed by atoms with E-state index < -0.39 is 5.91 Å². The Kier molecular flexibility index (Phi) is 4.19. The molecule has 2 fully saturated rings. The van der Waals surface area contributed by atoms with E-state index in [9.17, 15) is 14.7 Å². The third kappa shape index (κ3) is 3.15. The van der Waals surface area contributed by atoms with Crippen LogP contribution >= 0.6 is 23.2 Å². The van der Waals surface area contributed by atoms with Crippen LogP contribution in [0.25, 0.3) is 0 Å². The second kappa shape index (κ2) is 5.97. The van der Waals surface area contributed by atoms with Gasteiger partial charge in [-0.05, 0) is 25.0 Å². The molecule has 118 valence electrons. The van der Waals surface area contributed by atoms with Crippen LogP contribution in [0.1, 0.15) is 29.6 Å². The van der Waals surface area contributed by atoms with Crippen molar-refractivity contribution in [1.82, 2.24) is 10.2 Å². The molecule has 1 aliphatic heterocycles. The minimum absolute atomic E-state index is 0.00874. The van der Waals surface area contributed by atoms with E-state index in [0.29, 0.717) is 25.6 Å². The van der Waals surface area contributed by atoms with Crippen LogP contribution in [0.5, 0.6) is 5.75 Å². The van der Waals surface area contributed by atoms with Gasteiger partial charge in [-0.3, -0.25) is 9.59 Å². The number of hydrogen-bond donors (Lipinski definition) is 2. The number of halogens is 2. The Labute approximate surface area is 138 Å². The van der Waals surface area contributed by atoms with E-state index in [0.717, 1.165) is 12.8 Å². The van der Waals surface area contributed by atoms with Gasteiger partial charge in [-0.2, -0.15) is 0 Å². The number of hydrogen-bond acceptors (Lipinski definition) is 3. The fourth-order valence-corrected chi connectivity index (χ4v) is 3.36. The molecule has 1 saturated carbocycles. The zero-order valence-electron chi connectivity index (χ0n) is 11.8. The van der Waals surface area contributed by atoms with Crippen molar-refractivity contribution in [2.45, 2.75) is 25.3 Å². The number of carbonyl (C=O) groups excluding carboxylic acids is 2. The Morgan fingerprint density at radius 2 is 2.09 bits per heavy atom. The fraction of sp³-hybridized carbons (Fsp3) is 0.467. The summed E-state index contributed by atoms with van der Waals surface area (Å²) in [4.78, 5) is 25.9. The molecule has 1 unspecified atom stereocenters. The maximum atomic E-state index is 12.2. The van der Waals surface area contributed by atoms with E-state index in [4.69, 9.17) is 23.2 Å². The number of carbonyl (C=O) groups is 2. The van der Waals surface area contributed by atoms with Crippen LogP contribution < -0.4 is 5.32 Å². The predicted molar refractivity (Wildman–Crippen MR) is 83.3 cm³/mol. The molecule has 0 spiro atoms. The maximum Gasteiger partial charge on any atom is 0.256 e. The summed E-state index contributed by atoms with van der Waals surface area (Å²) in [6, 6.07) is 3.09. The van der Waals surface area contributed by atoms with E-state index in [2.05, 4.69) is 5.32 Å². The van der Waals surface area contributed by atoms with Gasteiger partial charge in [-0.1, -0.05) is 23.2 Å². The zero-order chi connectivity index (χ0) is 15.9. The second-order valence-electron chi connectivity index (χ2n) is 5.84. The van der Waals surface area contributed by atoms with Gasteiger partial charge < -0.3 is 15.3 Å². The van der Waals surface area contributed by atoms with Crippen LogP contribution in [0.4, 0.5) is 0 Å². The molecule has 2 N–H and O–H groups in total. The van der Waals surface area contributed by atoms with Crippen molar-refractivity contribution in [3.8, 4) is 5.75 Å². The number of rotatable bonds is 4. The quantitative estimate of drug-likeness (QED) is 0.882. The molecule has 1 aromatic carbocycles. The zero-order valence-corrected chi connectivity index (χ0v) is 13.3. The molecule has 22 heavy (non-hydrogen) atoms. The SMILES string of the molecule is O=C(NCC1CC(=O)N(C2CC2)C1)c1c(O)cc(Cl)cc1Cl. The Morgan fingerprint density at radius 3 is 2.73 bits per heavy atom. The summed E-state index contributed by atoms with van der Waals surface area (Å²) in [5, 5.41) is 12.9. The van der Waals surface area contributed by atoms with Crippen LogP contribution in [0, 0.1) is 5.92 Å². The summed E-state index contributed by atoms with van der Waals surface area (Å²) >= 11 is 11.7. The normalized spacial score (nSPS) is 21.3. The molecule has 1 saturated heterocycles. The first kappa shape index (κ1) is 15.4. The van der Waals surface area contributed by atoms with Gasteiger partial charge in [0, 0.05) is 36.5 Å². The lowest BCUT2D eigenvalue weighted by atomic mass is 10.1. The first-order valence-corrected chi connectivity index (χ1v) is 7.97. The van der Waals surface area contributed by atoms with Gasteiger partial charge >= 0.3 is 0 Å². The number of phenolic OH excluding ortho intramolecular Hbond substituents is 1. The van der Waals surface area contributed by atoms with Gasteiger partial charge in [-0.25, -0.2) is 0 Å². The van der Waals surface area contributed by atoms with Crippen molar-refractivity contribution in [3.63, 3.8) is 0 Å². The summed E-state index contributed by atoms with van der Waals surface area (Å²) < 4.78 is 0. The molecule has 0 aromatic heterocycles. The highest BCUT2D eigenvalue weighted by atomic mass is 35.5. The lowest BCUT2D eigenvalue weighted by molar-refractivity contribution is -0.128. The van der Waals surface area contributed by atoms with Crippen molar-refractivity contribution < 1.29 is 14.7 Å². The van der Waals surface area contributed by atoms with Crippen LogP contribution in [0.15, 0.2) is 12.1 Å². The summed E-state index contributed by atoms with van der Waals surface area (Å²) in [7, 11) is 0. The molecule has 0 radical (unpaired) electrons. The van der Waals surface area contributed by atoms with Gasteiger partial charge in [0.15, 0.2) is 0 Å². The van der Waals surface area contributed by atoms with E-state index in [-0.39, 0.29) is 33.2 Å². The molecule has 1 atom stereocenters. The Morgan fingerprint density at radius 1 is 1.36 bits per heavy atom. The number of benzene rings is 1. The van der Waals surface area contributed by atoms with Crippen molar-refractivity contribution >= 4 is 35.0 Å². The second-order valence-corrected chi connectivity index (χ2v) is 6.68. The van der Waals surface area contributed by atoms with Gasteiger partial charge in [0.25, 0.3) is 5.91 Å². The van der Waals surface area contributed by atoms with Crippen molar-refractivity contribution in [2.24, 2.45) is 5.92 Å². The molecule has 7 heteroatoms. The van der Waals surface area contributed by atoms with Crippen molar-refractivity contribution in [1.29, 1.82) is 0 Å². The molecule has 1 aliphatic carbocycles. The topological polar surface area (TPSA) is 69.6 Å². The number of nitrogens with one attached hydrogen (secondary N) is 1. The fourth-order valence-electron chi connectivity index (χ4n) is 2.79. The number of amides is 2. The molecule has 2 amide bonds.